The molecule has 5 nitrogen and oxygen atoms in total. The van der Waals surface area contributed by atoms with E-state index in [1.54, 1.807) is 0 Å². The lowest BCUT2D eigenvalue weighted by molar-refractivity contribution is 0.0781. The van der Waals surface area contributed by atoms with Gasteiger partial charge in [0, 0.05) is 31.6 Å². The summed E-state index contributed by atoms with van der Waals surface area (Å²) in [5.41, 5.74) is 0. The van der Waals surface area contributed by atoms with Crippen LogP contribution in [0.2, 0.25) is 0 Å². The van der Waals surface area contributed by atoms with Crippen molar-refractivity contribution >= 4 is 41.7 Å². The molecule has 0 aliphatic carbocycles. The van der Waals surface area contributed by atoms with Gasteiger partial charge in [0.1, 0.15) is 0 Å². The quantitative estimate of drug-likeness (QED) is 0.379. The van der Waals surface area contributed by atoms with Crippen LogP contribution in [0.3, 0.4) is 0 Å². The van der Waals surface area contributed by atoms with Crippen molar-refractivity contribution in [2.45, 2.75) is 62.0 Å². The van der Waals surface area contributed by atoms with Crippen molar-refractivity contribution in [3.63, 3.8) is 0 Å². The maximum Gasteiger partial charge on any atom is 0.191 e. The molecule has 7 heteroatoms. The van der Waals surface area contributed by atoms with Crippen molar-refractivity contribution in [1.82, 2.24) is 10.6 Å². The Morgan fingerprint density at radius 2 is 2.09 bits per heavy atom. The van der Waals surface area contributed by atoms with Crippen LogP contribution in [-0.4, -0.2) is 61.5 Å². The first-order valence-electron chi connectivity index (χ1n) is 8.59. The highest BCUT2D eigenvalue weighted by Crippen LogP contribution is 2.35. The van der Waals surface area contributed by atoms with E-state index in [0.29, 0.717) is 18.2 Å². The second-order valence-corrected chi connectivity index (χ2v) is 8.25. The fourth-order valence-corrected chi connectivity index (χ4v) is 5.07. The molecule has 2 N–H and O–H groups in total. The van der Waals surface area contributed by atoms with Crippen LogP contribution in [-0.2, 0) is 9.47 Å². The molecule has 3 fully saturated rings. The highest BCUT2D eigenvalue weighted by Gasteiger charge is 2.41. The molecule has 0 amide bonds. The predicted molar refractivity (Wildman–Crippen MR) is 107 cm³/mol. The molecule has 3 saturated heterocycles. The molecule has 0 aromatic carbocycles. The van der Waals surface area contributed by atoms with E-state index < -0.39 is 0 Å². The smallest absolute Gasteiger partial charge is 0.191 e. The molecule has 23 heavy (non-hydrogen) atoms. The lowest BCUT2D eigenvalue weighted by atomic mass is 9.95. The zero-order valence-electron chi connectivity index (χ0n) is 14.2. The molecule has 3 atom stereocenters. The van der Waals surface area contributed by atoms with Gasteiger partial charge in [-0.2, -0.15) is 11.8 Å². The second-order valence-electron chi connectivity index (χ2n) is 6.51. The largest absolute Gasteiger partial charge is 0.381 e. The minimum atomic E-state index is 0. The minimum Gasteiger partial charge on any atom is -0.381 e. The molecule has 0 aromatic rings. The van der Waals surface area contributed by atoms with Crippen molar-refractivity contribution in [2.75, 3.05) is 32.6 Å². The van der Waals surface area contributed by atoms with E-state index in [-0.39, 0.29) is 28.7 Å². The van der Waals surface area contributed by atoms with Gasteiger partial charge < -0.3 is 20.1 Å². The average Bonchev–Trinajstić information content (AvgIpc) is 3.15. The molecule has 3 aliphatic heterocycles. The van der Waals surface area contributed by atoms with Gasteiger partial charge in [0.2, 0.25) is 0 Å². The standard InChI is InChI=1S/C16H29N3O2S.HI/c1-3-22-16(6-8-20-9-7-16)11-18-15(17-2)19-13-10-12-4-5-14(13)21-12;/h12-14H,3-11H2,1-2H3,(H2,17,18,19);1H. The fraction of sp³-hybridized carbons (Fsp3) is 0.938. The van der Waals surface area contributed by atoms with Crippen molar-refractivity contribution < 1.29 is 9.47 Å². The van der Waals surface area contributed by atoms with Crippen molar-refractivity contribution in [2.24, 2.45) is 4.99 Å². The van der Waals surface area contributed by atoms with Gasteiger partial charge in [0.15, 0.2) is 5.96 Å². The van der Waals surface area contributed by atoms with E-state index >= 15 is 0 Å². The van der Waals surface area contributed by atoms with E-state index in [1.165, 1.54) is 12.8 Å². The normalized spacial score (nSPS) is 32.4. The van der Waals surface area contributed by atoms with E-state index in [4.69, 9.17) is 9.47 Å². The minimum absolute atomic E-state index is 0. The predicted octanol–water partition coefficient (Wildman–Crippen LogP) is 2.39. The fourth-order valence-electron chi connectivity index (χ4n) is 3.83. The molecule has 3 unspecified atom stereocenters. The van der Waals surface area contributed by atoms with Gasteiger partial charge in [-0.3, -0.25) is 4.99 Å². The van der Waals surface area contributed by atoms with Gasteiger partial charge in [-0.25, -0.2) is 0 Å². The maximum absolute atomic E-state index is 5.92. The van der Waals surface area contributed by atoms with Gasteiger partial charge >= 0.3 is 0 Å². The Kier molecular flexibility index (Phi) is 7.75. The van der Waals surface area contributed by atoms with Crippen LogP contribution in [0.15, 0.2) is 4.99 Å². The van der Waals surface area contributed by atoms with Crippen LogP contribution in [0.4, 0.5) is 0 Å². The third kappa shape index (κ3) is 4.89. The molecular weight excluding hydrogens is 425 g/mol. The van der Waals surface area contributed by atoms with Crippen LogP contribution < -0.4 is 10.6 Å². The molecule has 3 rings (SSSR count). The number of halogens is 1. The maximum atomic E-state index is 5.92. The van der Waals surface area contributed by atoms with Crippen LogP contribution in [0.1, 0.15) is 39.0 Å². The number of nitrogens with one attached hydrogen (secondary N) is 2. The Labute approximate surface area is 161 Å². The summed E-state index contributed by atoms with van der Waals surface area (Å²) in [5, 5.41) is 7.13. The summed E-state index contributed by atoms with van der Waals surface area (Å²) in [6, 6.07) is 0.425. The average molecular weight is 455 g/mol. The van der Waals surface area contributed by atoms with Crippen molar-refractivity contribution in [1.29, 1.82) is 0 Å². The van der Waals surface area contributed by atoms with Gasteiger partial charge in [-0.15, -0.1) is 24.0 Å². The third-order valence-corrected chi connectivity index (χ3v) is 6.54. The molecule has 3 heterocycles. The molecule has 0 radical (unpaired) electrons. The number of nitrogens with zero attached hydrogens (tertiary/aromatic N) is 1. The van der Waals surface area contributed by atoms with E-state index in [0.717, 1.165) is 50.7 Å². The molecule has 2 bridgehead atoms. The SMILES string of the molecule is CCSC1(CNC(=NC)NC2CC3CCC2O3)CCOCC1.I. The Bertz CT molecular complexity index is 399. The number of rotatable bonds is 5. The van der Waals surface area contributed by atoms with Crippen LogP contribution in [0.5, 0.6) is 0 Å². The number of thioether (sulfide) groups is 1. The number of guanidine groups is 1. The molecular formula is C16H30IN3O2S. The Morgan fingerprint density at radius 1 is 1.30 bits per heavy atom. The molecule has 3 aliphatic rings. The topological polar surface area (TPSA) is 54.9 Å². The number of hydrogen-bond acceptors (Lipinski definition) is 4. The van der Waals surface area contributed by atoms with Crippen molar-refractivity contribution in [3.05, 3.63) is 0 Å². The number of hydrogen-bond donors (Lipinski definition) is 2. The lowest BCUT2D eigenvalue weighted by Crippen LogP contribution is -2.52. The monoisotopic (exact) mass is 455 g/mol. The highest BCUT2D eigenvalue weighted by molar-refractivity contribution is 14.0. The van der Waals surface area contributed by atoms with Crippen molar-refractivity contribution in [3.8, 4) is 0 Å². The number of ether oxygens (including phenoxy) is 2. The van der Waals surface area contributed by atoms with Gasteiger partial charge in [0.05, 0.1) is 18.2 Å². The summed E-state index contributed by atoms with van der Waals surface area (Å²) in [5.74, 6) is 2.07. The summed E-state index contributed by atoms with van der Waals surface area (Å²) < 4.78 is 11.7. The summed E-state index contributed by atoms with van der Waals surface area (Å²) in [6.07, 6.45) is 6.62. The van der Waals surface area contributed by atoms with Crippen LogP contribution >= 0.6 is 35.7 Å². The van der Waals surface area contributed by atoms with Gasteiger partial charge in [-0.05, 0) is 37.9 Å². The number of aliphatic imine (C=N–C) groups is 1. The molecule has 0 spiro atoms. The zero-order valence-corrected chi connectivity index (χ0v) is 17.3. The summed E-state index contributed by atoms with van der Waals surface area (Å²) in [7, 11) is 1.85. The summed E-state index contributed by atoms with van der Waals surface area (Å²) in [4.78, 5) is 4.41. The van der Waals surface area contributed by atoms with Gasteiger partial charge in [0.25, 0.3) is 0 Å². The zero-order chi connectivity index (χ0) is 15.4. The lowest BCUT2D eigenvalue weighted by Gasteiger charge is -2.37. The highest BCUT2D eigenvalue weighted by atomic mass is 127. The first kappa shape index (κ1) is 19.6. The van der Waals surface area contributed by atoms with E-state index in [9.17, 15) is 0 Å². The Morgan fingerprint density at radius 3 is 2.65 bits per heavy atom. The second kappa shape index (κ2) is 9.10. The van der Waals surface area contributed by atoms with E-state index in [2.05, 4.69) is 34.3 Å². The first-order valence-corrected chi connectivity index (χ1v) is 9.57. The Balaban J connectivity index is 0.00000192. The Hall–Kier alpha value is 0.270. The molecule has 0 aromatic heterocycles. The first-order chi connectivity index (χ1) is 10.7. The van der Waals surface area contributed by atoms with Gasteiger partial charge in [-0.1, -0.05) is 6.92 Å². The van der Waals surface area contributed by atoms with E-state index in [1.807, 2.05) is 7.05 Å². The van der Waals surface area contributed by atoms with Crippen LogP contribution in [0.25, 0.3) is 0 Å². The summed E-state index contributed by atoms with van der Waals surface area (Å²) in [6.45, 7) is 4.94. The molecule has 0 saturated carbocycles. The third-order valence-electron chi connectivity index (χ3n) is 5.08. The summed E-state index contributed by atoms with van der Waals surface area (Å²) >= 11 is 2.06. The van der Waals surface area contributed by atoms with Crippen LogP contribution in [0, 0.1) is 0 Å². The molecule has 134 valence electrons. The number of fused-ring (bicyclic) bond motifs is 2.